The lowest BCUT2D eigenvalue weighted by Gasteiger charge is -2.24. The summed E-state index contributed by atoms with van der Waals surface area (Å²) in [5.41, 5.74) is -1.49. The number of halogens is 3. The van der Waals surface area contributed by atoms with Crippen molar-refractivity contribution in [1.29, 1.82) is 0 Å². The number of hydrogen-bond acceptors (Lipinski definition) is 5. The first-order valence-electron chi connectivity index (χ1n) is 8.84. The number of aromatic nitrogens is 2. The van der Waals surface area contributed by atoms with Gasteiger partial charge in [0.1, 0.15) is 5.82 Å². The first kappa shape index (κ1) is 20.4. The highest BCUT2D eigenvalue weighted by Crippen LogP contribution is 2.37. The number of nitrogens with zero attached hydrogens (tertiary/aromatic N) is 3. The van der Waals surface area contributed by atoms with Gasteiger partial charge in [-0.25, -0.2) is 13.1 Å². The zero-order chi connectivity index (χ0) is 20.5. The quantitative estimate of drug-likeness (QED) is 0.715. The van der Waals surface area contributed by atoms with Crippen molar-refractivity contribution in [2.24, 2.45) is 0 Å². The van der Waals surface area contributed by atoms with Crippen LogP contribution in [0, 0.1) is 0 Å². The predicted molar refractivity (Wildman–Crippen MR) is 97.7 cm³/mol. The molecule has 0 atom stereocenters. The number of rotatable bonds is 4. The number of anilines is 1. The molecule has 10 heteroatoms. The van der Waals surface area contributed by atoms with E-state index in [0.29, 0.717) is 13.1 Å². The summed E-state index contributed by atoms with van der Waals surface area (Å²) in [7, 11) is -3.44. The first-order valence-corrected chi connectivity index (χ1v) is 10.7. The minimum absolute atomic E-state index is 0.0476. The Kier molecular flexibility index (Phi) is 5.51. The minimum atomic E-state index is -4.78. The van der Waals surface area contributed by atoms with Crippen molar-refractivity contribution < 1.29 is 26.4 Å². The van der Waals surface area contributed by atoms with Crippen molar-refractivity contribution >= 4 is 21.9 Å². The largest absolute Gasteiger partial charge is 0.435 e. The molecule has 1 aromatic heterocycles. The summed E-state index contributed by atoms with van der Waals surface area (Å²) in [5.74, 6) is 0.0938. The van der Waals surface area contributed by atoms with Gasteiger partial charge in [-0.3, -0.25) is 4.79 Å². The molecule has 0 radical (unpaired) electrons. The van der Waals surface area contributed by atoms with Crippen LogP contribution < -0.4 is 4.90 Å². The summed E-state index contributed by atoms with van der Waals surface area (Å²) < 4.78 is 64.8. The second kappa shape index (κ2) is 7.57. The molecule has 0 N–H and O–H groups in total. The Labute approximate surface area is 160 Å². The van der Waals surface area contributed by atoms with Crippen LogP contribution in [-0.4, -0.2) is 43.8 Å². The normalized spacial score (nSPS) is 16.1. The average Bonchev–Trinajstić information content (AvgIpc) is 2.82. The number of carbonyl (C=O) groups excluding carboxylic acids is 1. The van der Waals surface area contributed by atoms with E-state index in [9.17, 15) is 26.4 Å². The van der Waals surface area contributed by atoms with Gasteiger partial charge in [0.2, 0.25) is 0 Å². The Hall–Kier alpha value is -2.36. The number of carbonyl (C=O) groups is 1. The van der Waals surface area contributed by atoms with Gasteiger partial charge in [0.25, 0.3) is 0 Å². The smallest absolute Gasteiger partial charge is 0.356 e. The molecule has 28 heavy (non-hydrogen) atoms. The van der Waals surface area contributed by atoms with Gasteiger partial charge >= 0.3 is 6.18 Å². The maximum absolute atomic E-state index is 13.5. The van der Waals surface area contributed by atoms with Gasteiger partial charge in [0, 0.05) is 19.3 Å². The van der Waals surface area contributed by atoms with E-state index in [1.165, 1.54) is 24.3 Å². The van der Waals surface area contributed by atoms with E-state index in [4.69, 9.17) is 0 Å². The SMILES string of the molecule is CS(=O)(=O)c1ccc(-n2nc(C(F)(F)F)c(C=O)c2N2CCCCCC2)cc1. The second-order valence-corrected chi connectivity index (χ2v) is 8.80. The van der Waals surface area contributed by atoms with Crippen molar-refractivity contribution in [2.45, 2.75) is 36.8 Å². The molecule has 0 aliphatic carbocycles. The summed E-state index contributed by atoms with van der Waals surface area (Å²) in [5, 5.41) is 3.69. The molecule has 1 aliphatic heterocycles. The standard InChI is InChI=1S/C18H20F3N3O3S/c1-28(26,27)14-8-6-13(7-9-14)24-17(23-10-4-2-3-5-11-23)15(12-25)16(22-24)18(19,20)21/h6-9,12H,2-5,10-11H2,1H3. The summed E-state index contributed by atoms with van der Waals surface area (Å²) in [6, 6.07) is 5.40. The van der Waals surface area contributed by atoms with E-state index in [0.717, 1.165) is 36.6 Å². The number of alkyl halides is 3. The molecule has 1 aliphatic rings. The molecule has 0 bridgehead atoms. The second-order valence-electron chi connectivity index (χ2n) is 6.78. The molecule has 0 spiro atoms. The number of benzene rings is 1. The van der Waals surface area contributed by atoms with E-state index in [1.54, 1.807) is 4.90 Å². The van der Waals surface area contributed by atoms with Crippen LogP contribution in [0.3, 0.4) is 0 Å². The van der Waals surface area contributed by atoms with Gasteiger partial charge in [-0.1, -0.05) is 12.8 Å². The third-order valence-electron chi connectivity index (χ3n) is 4.70. The molecular weight excluding hydrogens is 395 g/mol. The molecule has 152 valence electrons. The number of sulfone groups is 1. The summed E-state index contributed by atoms with van der Waals surface area (Å²) in [6.07, 6.45) is -0.000775. The minimum Gasteiger partial charge on any atom is -0.356 e. The fourth-order valence-corrected chi connectivity index (χ4v) is 3.97. The number of hydrogen-bond donors (Lipinski definition) is 0. The zero-order valence-electron chi connectivity index (χ0n) is 15.2. The predicted octanol–water partition coefficient (Wildman–Crippen LogP) is 3.49. The lowest BCUT2D eigenvalue weighted by molar-refractivity contribution is -0.141. The van der Waals surface area contributed by atoms with E-state index in [-0.39, 0.29) is 22.7 Å². The lowest BCUT2D eigenvalue weighted by Crippen LogP contribution is -2.27. The van der Waals surface area contributed by atoms with E-state index in [1.807, 2.05) is 0 Å². The first-order chi connectivity index (χ1) is 13.1. The van der Waals surface area contributed by atoms with Gasteiger partial charge in [-0.05, 0) is 37.1 Å². The van der Waals surface area contributed by atoms with Gasteiger partial charge in [-0.15, -0.1) is 0 Å². The lowest BCUT2D eigenvalue weighted by atomic mass is 10.2. The van der Waals surface area contributed by atoms with E-state index in [2.05, 4.69) is 5.10 Å². The molecule has 2 aromatic rings. The van der Waals surface area contributed by atoms with Crippen LogP contribution in [0.5, 0.6) is 0 Å². The van der Waals surface area contributed by atoms with Crippen LogP contribution in [0.1, 0.15) is 41.7 Å². The van der Waals surface area contributed by atoms with Crippen LogP contribution in [0.25, 0.3) is 5.69 Å². The molecule has 1 aromatic carbocycles. The van der Waals surface area contributed by atoms with Gasteiger partial charge < -0.3 is 4.90 Å². The molecular formula is C18H20F3N3O3S. The topological polar surface area (TPSA) is 72.3 Å². The average molecular weight is 415 g/mol. The summed E-state index contributed by atoms with van der Waals surface area (Å²) in [4.78, 5) is 13.4. The van der Waals surface area contributed by atoms with Gasteiger partial charge in [-0.2, -0.15) is 18.3 Å². The monoisotopic (exact) mass is 415 g/mol. The van der Waals surface area contributed by atoms with Crippen LogP contribution >= 0.6 is 0 Å². The maximum Gasteiger partial charge on any atom is 0.435 e. The van der Waals surface area contributed by atoms with Crippen LogP contribution in [-0.2, 0) is 16.0 Å². The molecule has 2 heterocycles. The highest BCUT2D eigenvalue weighted by Gasteiger charge is 2.40. The Balaban J connectivity index is 2.18. The molecule has 1 fully saturated rings. The maximum atomic E-state index is 13.5. The molecule has 3 rings (SSSR count). The highest BCUT2D eigenvalue weighted by atomic mass is 32.2. The Morgan fingerprint density at radius 2 is 1.61 bits per heavy atom. The van der Waals surface area contributed by atoms with Crippen molar-refractivity contribution in [3.8, 4) is 5.69 Å². The van der Waals surface area contributed by atoms with Crippen molar-refractivity contribution in [2.75, 3.05) is 24.2 Å². The fraction of sp³-hybridized carbons (Fsp3) is 0.444. The molecule has 6 nitrogen and oxygen atoms in total. The fourth-order valence-electron chi connectivity index (χ4n) is 3.34. The van der Waals surface area contributed by atoms with Gasteiger partial charge in [0.15, 0.2) is 21.8 Å². The Morgan fingerprint density at radius 3 is 2.07 bits per heavy atom. The van der Waals surface area contributed by atoms with E-state index >= 15 is 0 Å². The molecule has 0 unspecified atom stereocenters. The van der Waals surface area contributed by atoms with Crippen molar-refractivity contribution in [1.82, 2.24) is 9.78 Å². The van der Waals surface area contributed by atoms with Crippen LogP contribution in [0.4, 0.5) is 19.0 Å². The Morgan fingerprint density at radius 1 is 1.04 bits per heavy atom. The van der Waals surface area contributed by atoms with Crippen molar-refractivity contribution in [3.63, 3.8) is 0 Å². The highest BCUT2D eigenvalue weighted by molar-refractivity contribution is 7.90. The summed E-state index contributed by atoms with van der Waals surface area (Å²) in [6.45, 7) is 1.04. The number of aldehydes is 1. The molecule has 0 amide bonds. The Bertz CT molecular complexity index is 958. The van der Waals surface area contributed by atoms with Crippen LogP contribution in [0.15, 0.2) is 29.2 Å². The van der Waals surface area contributed by atoms with Crippen LogP contribution in [0.2, 0.25) is 0 Å². The zero-order valence-corrected chi connectivity index (χ0v) is 16.1. The summed E-state index contributed by atoms with van der Waals surface area (Å²) >= 11 is 0. The third-order valence-corrected chi connectivity index (χ3v) is 5.83. The molecule has 0 saturated carbocycles. The van der Waals surface area contributed by atoms with Gasteiger partial charge in [0.05, 0.1) is 16.1 Å². The van der Waals surface area contributed by atoms with Crippen molar-refractivity contribution in [3.05, 3.63) is 35.5 Å². The van der Waals surface area contributed by atoms with E-state index < -0.39 is 27.3 Å². The molecule has 1 saturated heterocycles. The third kappa shape index (κ3) is 4.06.